The maximum atomic E-state index is 12.9. The van der Waals surface area contributed by atoms with Gasteiger partial charge in [0.25, 0.3) is 5.91 Å². The molecule has 0 unspecified atom stereocenters. The van der Waals surface area contributed by atoms with Gasteiger partial charge in [-0.15, -0.1) is 11.3 Å². The van der Waals surface area contributed by atoms with Gasteiger partial charge in [-0.25, -0.2) is 13.4 Å². The first kappa shape index (κ1) is 24.1. The normalized spacial score (nSPS) is 11.7. The van der Waals surface area contributed by atoms with E-state index in [1.54, 1.807) is 0 Å². The minimum Gasteiger partial charge on any atom is -0.298 e. The van der Waals surface area contributed by atoms with Gasteiger partial charge in [0.05, 0.1) is 10.6 Å². The lowest BCUT2D eigenvalue weighted by molar-refractivity contribution is 0.102. The van der Waals surface area contributed by atoms with E-state index in [4.69, 9.17) is 0 Å². The molecule has 1 aromatic heterocycles. The summed E-state index contributed by atoms with van der Waals surface area (Å²) in [6, 6.07) is 12.1. The zero-order chi connectivity index (χ0) is 23.3. The number of carbonyl (C=O) groups is 1. The highest BCUT2D eigenvalue weighted by Gasteiger charge is 2.23. The van der Waals surface area contributed by atoms with Crippen molar-refractivity contribution in [3.05, 3.63) is 64.5 Å². The van der Waals surface area contributed by atoms with E-state index < -0.39 is 10.0 Å². The van der Waals surface area contributed by atoms with Crippen LogP contribution in [0.2, 0.25) is 0 Å². The van der Waals surface area contributed by atoms with E-state index in [1.165, 1.54) is 45.5 Å². The average molecular weight is 472 g/mol. The fraction of sp³-hybridized carbons (Fsp3) is 0.333. The minimum absolute atomic E-state index is 0.197. The first-order chi connectivity index (χ1) is 15.3. The number of aryl methyl sites for hydroxylation is 1. The summed E-state index contributed by atoms with van der Waals surface area (Å²) in [4.78, 5) is 17.4. The summed E-state index contributed by atoms with van der Waals surface area (Å²) in [6.45, 7) is 8.98. The number of thiazole rings is 1. The number of hydrogen-bond acceptors (Lipinski definition) is 5. The number of sulfonamides is 1. The van der Waals surface area contributed by atoms with Crippen molar-refractivity contribution in [2.24, 2.45) is 0 Å². The minimum atomic E-state index is -3.57. The third-order valence-corrected chi connectivity index (χ3v) is 7.98. The van der Waals surface area contributed by atoms with E-state index >= 15 is 0 Å². The van der Waals surface area contributed by atoms with Crippen LogP contribution in [-0.2, 0) is 10.0 Å². The number of carbonyl (C=O) groups excluding carboxylic acids is 1. The molecule has 3 rings (SSSR count). The van der Waals surface area contributed by atoms with Gasteiger partial charge in [-0.1, -0.05) is 32.0 Å². The van der Waals surface area contributed by atoms with E-state index in [-0.39, 0.29) is 10.8 Å². The van der Waals surface area contributed by atoms with Crippen molar-refractivity contribution in [1.82, 2.24) is 9.29 Å². The standard InChI is InChI=1S/C24H29N3O3S2/c1-5-14-27(15-6-2)32(29,30)20-12-10-19(11-13-20)23(28)26-24-25-22(16-31-24)21-9-7-8-17(3)18(21)4/h7-13,16H,5-6,14-15H2,1-4H3,(H,25,26,28). The van der Waals surface area contributed by atoms with Crippen molar-refractivity contribution in [2.45, 2.75) is 45.4 Å². The summed E-state index contributed by atoms with van der Waals surface area (Å²) in [5, 5.41) is 5.23. The van der Waals surface area contributed by atoms with Crippen molar-refractivity contribution in [3.8, 4) is 11.3 Å². The summed E-state index contributed by atoms with van der Waals surface area (Å²) in [6.07, 6.45) is 1.50. The number of anilines is 1. The molecular weight excluding hydrogens is 442 g/mol. The average Bonchev–Trinajstić information content (AvgIpc) is 3.23. The molecule has 0 fully saturated rings. The summed E-state index contributed by atoms with van der Waals surface area (Å²) < 4.78 is 27.3. The van der Waals surface area contributed by atoms with Crippen LogP contribution in [0.4, 0.5) is 5.13 Å². The second-order valence-corrected chi connectivity index (χ2v) is 10.5. The monoisotopic (exact) mass is 471 g/mol. The number of hydrogen-bond donors (Lipinski definition) is 1. The van der Waals surface area contributed by atoms with Crippen LogP contribution in [0.3, 0.4) is 0 Å². The number of amides is 1. The topological polar surface area (TPSA) is 79.4 Å². The second-order valence-electron chi connectivity index (χ2n) is 7.67. The molecule has 0 spiro atoms. The molecule has 2 aromatic carbocycles. The fourth-order valence-electron chi connectivity index (χ4n) is 3.43. The van der Waals surface area contributed by atoms with Gasteiger partial charge in [0, 0.05) is 29.6 Å². The van der Waals surface area contributed by atoms with Crippen molar-refractivity contribution in [3.63, 3.8) is 0 Å². The van der Waals surface area contributed by atoms with Gasteiger partial charge in [-0.2, -0.15) is 4.31 Å². The Morgan fingerprint density at radius 3 is 2.31 bits per heavy atom. The highest BCUT2D eigenvalue weighted by Crippen LogP contribution is 2.29. The molecule has 1 amide bonds. The third-order valence-electron chi connectivity index (χ3n) is 5.31. The summed E-state index contributed by atoms with van der Waals surface area (Å²) in [5.74, 6) is -0.324. The van der Waals surface area contributed by atoms with Gasteiger partial charge in [0.15, 0.2) is 5.13 Å². The molecular formula is C24H29N3O3S2. The van der Waals surface area contributed by atoms with Gasteiger partial charge >= 0.3 is 0 Å². The van der Waals surface area contributed by atoms with E-state index in [2.05, 4.69) is 30.2 Å². The molecule has 3 aromatic rings. The summed E-state index contributed by atoms with van der Waals surface area (Å²) in [5.41, 5.74) is 4.59. The third kappa shape index (κ3) is 5.26. The zero-order valence-electron chi connectivity index (χ0n) is 18.9. The van der Waals surface area contributed by atoms with Crippen LogP contribution < -0.4 is 5.32 Å². The first-order valence-electron chi connectivity index (χ1n) is 10.7. The lowest BCUT2D eigenvalue weighted by atomic mass is 10.0. The molecule has 0 atom stereocenters. The Bertz CT molecular complexity index is 1180. The maximum absolute atomic E-state index is 12.9. The highest BCUT2D eigenvalue weighted by atomic mass is 32.2. The van der Waals surface area contributed by atoms with Gasteiger partial charge in [0.1, 0.15) is 0 Å². The molecule has 0 saturated heterocycles. The van der Waals surface area contributed by atoms with Crippen molar-refractivity contribution >= 4 is 32.4 Å². The fourth-order valence-corrected chi connectivity index (χ4v) is 5.76. The van der Waals surface area contributed by atoms with Crippen LogP contribution >= 0.6 is 11.3 Å². The molecule has 0 saturated carbocycles. The largest absolute Gasteiger partial charge is 0.298 e. The van der Waals surface area contributed by atoms with E-state index in [0.29, 0.717) is 23.8 Å². The van der Waals surface area contributed by atoms with Gasteiger partial charge in [-0.05, 0) is 62.1 Å². The Labute approximate surface area is 194 Å². The predicted octanol–water partition coefficient (Wildman–Crippen LogP) is 5.49. The molecule has 1 N–H and O–H groups in total. The van der Waals surface area contributed by atoms with Crippen molar-refractivity contribution < 1.29 is 13.2 Å². The molecule has 0 bridgehead atoms. The SMILES string of the molecule is CCCN(CCC)S(=O)(=O)c1ccc(C(=O)Nc2nc(-c3cccc(C)c3C)cs2)cc1. The Hall–Kier alpha value is -2.55. The first-order valence-corrected chi connectivity index (χ1v) is 13.0. The van der Waals surface area contributed by atoms with Crippen molar-refractivity contribution in [1.29, 1.82) is 0 Å². The predicted molar refractivity (Wildman–Crippen MR) is 131 cm³/mol. The number of aromatic nitrogens is 1. The molecule has 8 heteroatoms. The quantitative estimate of drug-likeness (QED) is 0.447. The smallest absolute Gasteiger partial charge is 0.257 e. The number of rotatable bonds is 9. The molecule has 0 aliphatic carbocycles. The van der Waals surface area contributed by atoms with E-state index in [0.717, 1.165) is 29.7 Å². The summed E-state index contributed by atoms with van der Waals surface area (Å²) >= 11 is 1.36. The molecule has 0 aliphatic rings. The summed E-state index contributed by atoms with van der Waals surface area (Å²) in [7, 11) is -3.57. The molecule has 6 nitrogen and oxygen atoms in total. The lowest BCUT2D eigenvalue weighted by Gasteiger charge is -2.21. The maximum Gasteiger partial charge on any atom is 0.257 e. The highest BCUT2D eigenvalue weighted by molar-refractivity contribution is 7.89. The Kier molecular flexibility index (Phi) is 7.82. The molecule has 0 aliphatic heterocycles. The van der Waals surface area contributed by atoms with Crippen LogP contribution in [-0.4, -0.2) is 36.7 Å². The lowest BCUT2D eigenvalue weighted by Crippen LogP contribution is -2.32. The van der Waals surface area contributed by atoms with Gasteiger partial charge in [0.2, 0.25) is 10.0 Å². The van der Waals surface area contributed by atoms with Crippen molar-refractivity contribution in [2.75, 3.05) is 18.4 Å². The van der Waals surface area contributed by atoms with E-state index in [1.807, 2.05) is 31.4 Å². The van der Waals surface area contributed by atoms with Crippen LogP contribution in [0, 0.1) is 13.8 Å². The van der Waals surface area contributed by atoms with Crippen LogP contribution in [0.1, 0.15) is 48.2 Å². The van der Waals surface area contributed by atoms with Crippen LogP contribution in [0.25, 0.3) is 11.3 Å². The Morgan fingerprint density at radius 2 is 1.69 bits per heavy atom. The molecule has 1 heterocycles. The van der Waals surface area contributed by atoms with Crippen LogP contribution in [0.5, 0.6) is 0 Å². The number of nitrogens with one attached hydrogen (secondary N) is 1. The number of benzene rings is 2. The Balaban J connectivity index is 1.74. The van der Waals surface area contributed by atoms with Crippen LogP contribution in [0.15, 0.2) is 52.7 Å². The van der Waals surface area contributed by atoms with Gasteiger partial charge < -0.3 is 0 Å². The molecule has 32 heavy (non-hydrogen) atoms. The Morgan fingerprint density at radius 1 is 1.03 bits per heavy atom. The van der Waals surface area contributed by atoms with Gasteiger partial charge in [-0.3, -0.25) is 10.1 Å². The second kappa shape index (κ2) is 10.4. The zero-order valence-corrected chi connectivity index (χ0v) is 20.5. The molecule has 170 valence electrons. The molecule has 0 radical (unpaired) electrons. The van der Waals surface area contributed by atoms with E-state index in [9.17, 15) is 13.2 Å². The number of nitrogens with zero attached hydrogens (tertiary/aromatic N) is 2.